The van der Waals surface area contributed by atoms with E-state index in [0.717, 1.165) is 0 Å². The van der Waals surface area contributed by atoms with Crippen LogP contribution in [0.3, 0.4) is 0 Å². The predicted molar refractivity (Wildman–Crippen MR) is 88.1 cm³/mol. The molecule has 0 saturated heterocycles. The maximum Gasteiger partial charge on any atom is 0.247 e. The molecule has 1 N–H and O–H groups in total. The molecule has 24 heavy (non-hydrogen) atoms. The zero-order valence-corrected chi connectivity index (χ0v) is 12.4. The third kappa shape index (κ3) is 2.69. The van der Waals surface area contributed by atoms with E-state index in [-0.39, 0.29) is 11.6 Å². The average molecular weight is 322 g/mol. The molecule has 118 valence electrons. The van der Waals surface area contributed by atoms with Crippen molar-refractivity contribution in [1.29, 1.82) is 0 Å². The molecule has 0 atom stereocenters. The van der Waals surface area contributed by atoms with E-state index in [9.17, 15) is 8.78 Å². The Morgan fingerprint density at radius 2 is 1.58 bits per heavy atom. The minimum absolute atomic E-state index is 0.317. The van der Waals surface area contributed by atoms with Gasteiger partial charge in [0.15, 0.2) is 5.65 Å². The number of nitrogens with zero attached hydrogens (tertiary/aromatic N) is 3. The standard InChI is InChI=1S/C18H12F2N4/c19-13-5-1-4-12(10-13)16-8-3-9-17-22-18(23-24(16)17)21-15-7-2-6-14(20)11-15/h1-11H,(H,21,23). The Balaban J connectivity index is 1.77. The van der Waals surface area contributed by atoms with Gasteiger partial charge in [-0.2, -0.15) is 4.98 Å². The van der Waals surface area contributed by atoms with Crippen molar-refractivity contribution in [2.24, 2.45) is 0 Å². The van der Waals surface area contributed by atoms with Crippen molar-refractivity contribution in [1.82, 2.24) is 14.6 Å². The lowest BCUT2D eigenvalue weighted by atomic mass is 10.1. The highest BCUT2D eigenvalue weighted by molar-refractivity contribution is 5.64. The smallest absolute Gasteiger partial charge is 0.247 e. The molecule has 0 amide bonds. The quantitative estimate of drug-likeness (QED) is 0.607. The Morgan fingerprint density at radius 1 is 0.833 bits per heavy atom. The highest BCUT2D eigenvalue weighted by Crippen LogP contribution is 2.22. The van der Waals surface area contributed by atoms with Crippen molar-refractivity contribution in [3.05, 3.63) is 78.4 Å². The Bertz CT molecular complexity index is 1030. The molecule has 0 unspecified atom stereocenters. The summed E-state index contributed by atoms with van der Waals surface area (Å²) < 4.78 is 28.4. The van der Waals surface area contributed by atoms with Crippen LogP contribution in [0, 0.1) is 11.6 Å². The van der Waals surface area contributed by atoms with Crippen LogP contribution in [0.25, 0.3) is 16.9 Å². The highest BCUT2D eigenvalue weighted by atomic mass is 19.1. The molecule has 4 rings (SSSR count). The molecule has 0 aliphatic rings. The van der Waals surface area contributed by atoms with Crippen LogP contribution in [0.5, 0.6) is 0 Å². The monoisotopic (exact) mass is 322 g/mol. The van der Waals surface area contributed by atoms with Crippen LogP contribution in [-0.2, 0) is 0 Å². The normalized spacial score (nSPS) is 10.9. The Hall–Kier alpha value is -3.28. The number of pyridine rings is 1. The van der Waals surface area contributed by atoms with Crippen molar-refractivity contribution < 1.29 is 8.78 Å². The summed E-state index contributed by atoms with van der Waals surface area (Å²) in [7, 11) is 0. The fourth-order valence-corrected chi connectivity index (χ4v) is 2.52. The predicted octanol–water partition coefficient (Wildman–Crippen LogP) is 4.42. The van der Waals surface area contributed by atoms with E-state index in [2.05, 4.69) is 15.4 Å². The molecule has 4 nitrogen and oxygen atoms in total. The second-order valence-corrected chi connectivity index (χ2v) is 5.26. The summed E-state index contributed by atoms with van der Waals surface area (Å²) in [5, 5.41) is 7.36. The van der Waals surface area contributed by atoms with Crippen LogP contribution in [-0.4, -0.2) is 14.6 Å². The zero-order chi connectivity index (χ0) is 16.5. The van der Waals surface area contributed by atoms with E-state index < -0.39 is 0 Å². The Kier molecular flexibility index (Phi) is 3.42. The van der Waals surface area contributed by atoms with Gasteiger partial charge in [-0.15, -0.1) is 5.10 Å². The van der Waals surface area contributed by atoms with E-state index in [1.165, 1.54) is 24.3 Å². The van der Waals surface area contributed by atoms with Crippen molar-refractivity contribution in [3.8, 4) is 11.3 Å². The molecule has 2 aromatic heterocycles. The Morgan fingerprint density at radius 3 is 2.38 bits per heavy atom. The van der Waals surface area contributed by atoms with Crippen molar-refractivity contribution in [2.45, 2.75) is 0 Å². The number of rotatable bonds is 3. The summed E-state index contributed by atoms with van der Waals surface area (Å²) in [6, 6.07) is 17.8. The molecule has 2 heterocycles. The molecular weight excluding hydrogens is 310 g/mol. The van der Waals surface area contributed by atoms with Gasteiger partial charge in [-0.1, -0.05) is 24.3 Å². The number of nitrogens with one attached hydrogen (secondary N) is 1. The van der Waals surface area contributed by atoms with E-state index in [4.69, 9.17) is 0 Å². The van der Waals surface area contributed by atoms with E-state index in [1.807, 2.05) is 12.1 Å². The molecule has 6 heteroatoms. The maximum absolute atomic E-state index is 13.5. The number of anilines is 2. The van der Waals surface area contributed by atoms with Gasteiger partial charge in [0.1, 0.15) is 11.6 Å². The number of hydrogen-bond acceptors (Lipinski definition) is 3. The third-order valence-corrected chi connectivity index (χ3v) is 3.56. The van der Waals surface area contributed by atoms with E-state index >= 15 is 0 Å². The number of benzene rings is 2. The van der Waals surface area contributed by atoms with Gasteiger partial charge in [-0.3, -0.25) is 0 Å². The molecule has 0 fully saturated rings. The lowest BCUT2D eigenvalue weighted by Crippen LogP contribution is -1.96. The number of fused-ring (bicyclic) bond motifs is 1. The first kappa shape index (κ1) is 14.3. The summed E-state index contributed by atoms with van der Waals surface area (Å²) in [5.41, 5.74) is 2.57. The lowest BCUT2D eigenvalue weighted by molar-refractivity contribution is 0.628. The van der Waals surface area contributed by atoms with E-state index in [0.29, 0.717) is 28.5 Å². The summed E-state index contributed by atoms with van der Waals surface area (Å²) in [4.78, 5) is 4.37. The molecule has 2 aromatic carbocycles. The highest BCUT2D eigenvalue weighted by Gasteiger charge is 2.09. The third-order valence-electron chi connectivity index (χ3n) is 3.56. The maximum atomic E-state index is 13.5. The minimum Gasteiger partial charge on any atom is -0.323 e. The van der Waals surface area contributed by atoms with Gasteiger partial charge in [0.05, 0.1) is 5.69 Å². The van der Waals surface area contributed by atoms with E-state index in [1.54, 1.807) is 34.8 Å². The molecule has 4 aromatic rings. The zero-order valence-electron chi connectivity index (χ0n) is 12.4. The van der Waals surface area contributed by atoms with Gasteiger partial charge in [0, 0.05) is 11.3 Å². The topological polar surface area (TPSA) is 42.2 Å². The van der Waals surface area contributed by atoms with Gasteiger partial charge in [0.25, 0.3) is 0 Å². The second kappa shape index (κ2) is 5.73. The van der Waals surface area contributed by atoms with Crippen LogP contribution < -0.4 is 5.32 Å². The largest absolute Gasteiger partial charge is 0.323 e. The Labute approximate surface area is 136 Å². The fraction of sp³-hybridized carbons (Fsp3) is 0. The molecule has 0 spiro atoms. The molecule has 0 aliphatic carbocycles. The summed E-state index contributed by atoms with van der Waals surface area (Å²) >= 11 is 0. The van der Waals surface area contributed by atoms with Crippen molar-refractivity contribution >= 4 is 17.3 Å². The van der Waals surface area contributed by atoms with Crippen LogP contribution >= 0.6 is 0 Å². The van der Waals surface area contributed by atoms with Gasteiger partial charge >= 0.3 is 0 Å². The first-order valence-corrected chi connectivity index (χ1v) is 7.33. The summed E-state index contributed by atoms with van der Waals surface area (Å²) in [6.45, 7) is 0. The summed E-state index contributed by atoms with van der Waals surface area (Å²) in [5.74, 6) is -0.323. The van der Waals surface area contributed by atoms with Crippen LogP contribution in [0.4, 0.5) is 20.4 Å². The summed E-state index contributed by atoms with van der Waals surface area (Å²) in [6.07, 6.45) is 0. The molecule has 0 saturated carbocycles. The minimum atomic E-state index is -0.343. The lowest BCUT2D eigenvalue weighted by Gasteiger charge is -2.04. The van der Waals surface area contributed by atoms with Crippen molar-refractivity contribution in [3.63, 3.8) is 0 Å². The van der Waals surface area contributed by atoms with Crippen LogP contribution in [0.15, 0.2) is 66.7 Å². The molecule has 0 bridgehead atoms. The average Bonchev–Trinajstić information content (AvgIpc) is 2.97. The van der Waals surface area contributed by atoms with Gasteiger partial charge < -0.3 is 5.32 Å². The van der Waals surface area contributed by atoms with Gasteiger partial charge in [-0.05, 0) is 42.5 Å². The van der Waals surface area contributed by atoms with Gasteiger partial charge in [0.2, 0.25) is 5.95 Å². The van der Waals surface area contributed by atoms with Gasteiger partial charge in [-0.25, -0.2) is 13.3 Å². The SMILES string of the molecule is Fc1cccc(Nc2nc3cccc(-c4cccc(F)c4)n3n2)c1. The first-order chi connectivity index (χ1) is 11.7. The fourth-order valence-electron chi connectivity index (χ4n) is 2.52. The number of halogens is 2. The molecular formula is C18H12F2N4. The number of hydrogen-bond donors (Lipinski definition) is 1. The second-order valence-electron chi connectivity index (χ2n) is 5.26. The van der Waals surface area contributed by atoms with Crippen molar-refractivity contribution in [2.75, 3.05) is 5.32 Å². The number of aromatic nitrogens is 3. The molecule has 0 radical (unpaired) electrons. The molecule has 0 aliphatic heterocycles. The van der Waals surface area contributed by atoms with Crippen LogP contribution in [0.1, 0.15) is 0 Å². The van der Waals surface area contributed by atoms with Crippen LogP contribution in [0.2, 0.25) is 0 Å². The first-order valence-electron chi connectivity index (χ1n) is 7.33.